The molecule has 0 bridgehead atoms. The quantitative estimate of drug-likeness (QED) is 0.782. The third kappa shape index (κ3) is 18.9. The third-order valence-corrected chi connectivity index (χ3v) is 2.46. The zero-order valence-corrected chi connectivity index (χ0v) is 13.8. The minimum absolute atomic E-state index is 0.486. The fraction of sp³-hybridized carbons (Fsp3) is 0.529. The van der Waals surface area contributed by atoms with Crippen molar-refractivity contribution in [1.82, 2.24) is 0 Å². The van der Waals surface area contributed by atoms with Crippen molar-refractivity contribution in [2.75, 3.05) is 7.11 Å². The summed E-state index contributed by atoms with van der Waals surface area (Å²) in [5.41, 5.74) is 2.66. The van der Waals surface area contributed by atoms with Gasteiger partial charge in [0, 0.05) is 7.11 Å². The van der Waals surface area contributed by atoms with Crippen molar-refractivity contribution in [2.24, 2.45) is 0 Å². The monoisotopic (exact) mass is 282 g/mol. The summed E-state index contributed by atoms with van der Waals surface area (Å²) in [6.45, 7) is 11.9. The molecule has 1 rings (SSSR count). The van der Waals surface area contributed by atoms with E-state index in [1.54, 1.807) is 7.11 Å². The lowest BCUT2D eigenvalue weighted by atomic mass is 10.2. The Bertz CT molecular complexity index is 263. The van der Waals surface area contributed by atoms with E-state index in [0.29, 0.717) is 6.10 Å². The lowest BCUT2D eigenvalue weighted by Gasteiger charge is -2.07. The van der Waals surface area contributed by atoms with Crippen LogP contribution in [-0.2, 0) is 14.3 Å². The minimum Gasteiger partial charge on any atom is -0.381 e. The van der Waals surface area contributed by atoms with Gasteiger partial charge in [0.2, 0.25) is 0 Å². The average Bonchev–Trinajstić information content (AvgIpc) is 2.48. The second-order valence-electron chi connectivity index (χ2n) is 4.06. The van der Waals surface area contributed by atoms with Crippen LogP contribution >= 0.6 is 0 Å². The molecule has 0 atom stereocenters. The van der Waals surface area contributed by atoms with E-state index in [1.165, 1.54) is 18.1 Å². The van der Waals surface area contributed by atoms with E-state index in [-0.39, 0.29) is 0 Å². The Kier molecular flexibility index (Phi) is 23.4. The number of carbonyl (C=O) groups excluding carboxylic acids is 2. The molecule has 3 heteroatoms. The molecule has 116 valence electrons. The molecule has 1 aromatic carbocycles. The molecule has 0 fully saturated rings. The van der Waals surface area contributed by atoms with E-state index in [2.05, 4.69) is 52.0 Å². The Morgan fingerprint density at radius 2 is 1.30 bits per heavy atom. The van der Waals surface area contributed by atoms with Crippen LogP contribution in [0.3, 0.4) is 0 Å². The molecular formula is C17H30O3. The van der Waals surface area contributed by atoms with Crippen LogP contribution < -0.4 is 0 Å². The van der Waals surface area contributed by atoms with Crippen LogP contribution in [0.4, 0.5) is 0 Å². The summed E-state index contributed by atoms with van der Waals surface area (Å²) in [6, 6.07) is 8.48. The molecule has 0 radical (unpaired) electrons. The van der Waals surface area contributed by atoms with E-state index in [0.717, 1.165) is 19.1 Å². The maximum atomic E-state index is 8.81. The van der Waals surface area contributed by atoms with E-state index in [4.69, 9.17) is 14.3 Å². The molecule has 0 aliphatic heterocycles. The largest absolute Gasteiger partial charge is 0.381 e. The predicted molar refractivity (Wildman–Crippen MR) is 86.2 cm³/mol. The Hall–Kier alpha value is -1.48. The van der Waals surface area contributed by atoms with Gasteiger partial charge in [-0.05, 0) is 33.6 Å². The van der Waals surface area contributed by atoms with Gasteiger partial charge in [0.1, 0.15) is 13.1 Å². The highest BCUT2D eigenvalue weighted by Gasteiger charge is 1.96. The van der Waals surface area contributed by atoms with E-state index >= 15 is 0 Å². The summed E-state index contributed by atoms with van der Waals surface area (Å²) >= 11 is 0. The molecule has 0 aliphatic carbocycles. The smallest absolute Gasteiger partial charge is 0.116 e. The van der Waals surface area contributed by atoms with Crippen molar-refractivity contribution >= 4 is 13.1 Å². The number of aryl methyl sites for hydroxylation is 2. The second-order valence-corrected chi connectivity index (χ2v) is 4.06. The minimum atomic E-state index is 0.486. The Balaban J connectivity index is -0.000000221. The summed E-state index contributed by atoms with van der Waals surface area (Å²) in [4.78, 5) is 16.8. The molecule has 0 amide bonds. The molecule has 0 saturated heterocycles. The number of rotatable bonds is 3. The lowest BCUT2D eigenvalue weighted by molar-refractivity contribution is -0.106. The first kappa shape index (κ1) is 23.6. The SMILES string of the molecule is C=O.CC=O.CCC(CC)OC.Cc1ccc(C)cc1. The zero-order valence-electron chi connectivity index (χ0n) is 13.8. The molecule has 1 aromatic rings. The van der Waals surface area contributed by atoms with Gasteiger partial charge in [0.15, 0.2) is 0 Å². The third-order valence-electron chi connectivity index (χ3n) is 2.46. The highest BCUT2D eigenvalue weighted by molar-refractivity contribution is 5.44. The molecule has 0 aliphatic rings. The van der Waals surface area contributed by atoms with Crippen molar-refractivity contribution in [3.8, 4) is 0 Å². The lowest BCUT2D eigenvalue weighted by Crippen LogP contribution is -2.05. The number of hydrogen-bond acceptors (Lipinski definition) is 3. The van der Waals surface area contributed by atoms with Crippen LogP contribution in [0.1, 0.15) is 44.7 Å². The standard InChI is InChI=1S/C8H10.C6H14O.C2H4O.CH2O/c1-7-3-5-8(2)6-4-7;1-4-6(5-2)7-3;1-2-3;1-2/h3-6H,1-2H3;6H,4-5H2,1-3H3;2H,1H3;1H2. The highest BCUT2D eigenvalue weighted by Crippen LogP contribution is 1.99. The normalized spacial score (nSPS) is 8.15. The molecule has 0 unspecified atom stereocenters. The van der Waals surface area contributed by atoms with Crippen LogP contribution in [0.2, 0.25) is 0 Å². The number of aldehydes is 1. The first-order valence-corrected chi connectivity index (χ1v) is 6.80. The molecular weight excluding hydrogens is 252 g/mol. The van der Waals surface area contributed by atoms with Gasteiger partial charge in [-0.1, -0.05) is 49.2 Å². The highest BCUT2D eigenvalue weighted by atomic mass is 16.5. The van der Waals surface area contributed by atoms with E-state index < -0.39 is 0 Å². The van der Waals surface area contributed by atoms with Gasteiger partial charge in [0.05, 0.1) is 6.10 Å². The molecule has 0 aromatic heterocycles. The molecule has 3 nitrogen and oxygen atoms in total. The van der Waals surface area contributed by atoms with Gasteiger partial charge >= 0.3 is 0 Å². The maximum absolute atomic E-state index is 8.81. The van der Waals surface area contributed by atoms with Crippen LogP contribution in [0.25, 0.3) is 0 Å². The van der Waals surface area contributed by atoms with Gasteiger partial charge in [-0.25, -0.2) is 0 Å². The van der Waals surface area contributed by atoms with Crippen LogP contribution in [0, 0.1) is 13.8 Å². The van der Waals surface area contributed by atoms with Crippen molar-refractivity contribution in [3.05, 3.63) is 35.4 Å². The first-order valence-electron chi connectivity index (χ1n) is 6.80. The van der Waals surface area contributed by atoms with Crippen LogP contribution in [0.5, 0.6) is 0 Å². The molecule has 0 heterocycles. The first-order chi connectivity index (χ1) is 9.55. The fourth-order valence-corrected chi connectivity index (χ4v) is 1.26. The second kappa shape index (κ2) is 19.9. The van der Waals surface area contributed by atoms with E-state index in [1.807, 2.05) is 6.79 Å². The van der Waals surface area contributed by atoms with Crippen molar-refractivity contribution in [1.29, 1.82) is 0 Å². The van der Waals surface area contributed by atoms with Gasteiger partial charge < -0.3 is 14.3 Å². The van der Waals surface area contributed by atoms with Gasteiger partial charge in [-0.15, -0.1) is 0 Å². The molecule has 0 spiro atoms. The topological polar surface area (TPSA) is 43.4 Å². The van der Waals surface area contributed by atoms with E-state index in [9.17, 15) is 0 Å². The van der Waals surface area contributed by atoms with Crippen molar-refractivity contribution in [3.63, 3.8) is 0 Å². The summed E-state index contributed by atoms with van der Waals surface area (Å²) in [6.07, 6.45) is 3.50. The number of ether oxygens (including phenoxy) is 1. The summed E-state index contributed by atoms with van der Waals surface area (Å²) < 4.78 is 5.05. The summed E-state index contributed by atoms with van der Waals surface area (Å²) in [7, 11) is 1.76. The van der Waals surface area contributed by atoms with Gasteiger partial charge in [-0.3, -0.25) is 0 Å². The predicted octanol–water partition coefficient (Wildman–Crippen LogP) is 4.15. The maximum Gasteiger partial charge on any atom is 0.116 e. The Labute approximate surface area is 124 Å². The number of benzene rings is 1. The van der Waals surface area contributed by atoms with Gasteiger partial charge in [0.25, 0.3) is 0 Å². The fourth-order valence-electron chi connectivity index (χ4n) is 1.26. The zero-order chi connectivity index (χ0) is 16.4. The number of hydrogen-bond donors (Lipinski definition) is 0. The average molecular weight is 282 g/mol. The van der Waals surface area contributed by atoms with Crippen LogP contribution in [-0.4, -0.2) is 26.3 Å². The Morgan fingerprint density at radius 3 is 1.40 bits per heavy atom. The van der Waals surface area contributed by atoms with Crippen LogP contribution in [0.15, 0.2) is 24.3 Å². The van der Waals surface area contributed by atoms with Crippen molar-refractivity contribution < 1.29 is 14.3 Å². The van der Waals surface area contributed by atoms with Crippen molar-refractivity contribution in [2.45, 2.75) is 53.6 Å². The summed E-state index contributed by atoms with van der Waals surface area (Å²) in [5, 5.41) is 0. The molecule has 0 saturated carbocycles. The Morgan fingerprint density at radius 1 is 1.05 bits per heavy atom. The van der Waals surface area contributed by atoms with Gasteiger partial charge in [-0.2, -0.15) is 0 Å². The number of methoxy groups -OCH3 is 1. The summed E-state index contributed by atoms with van der Waals surface area (Å²) in [5.74, 6) is 0. The number of carbonyl (C=O) groups is 2. The molecule has 20 heavy (non-hydrogen) atoms. The molecule has 0 N–H and O–H groups in total.